The van der Waals surface area contributed by atoms with Crippen LogP contribution in [0.5, 0.6) is 0 Å². The highest BCUT2D eigenvalue weighted by Gasteiger charge is 2.15. The second-order valence-electron chi connectivity index (χ2n) is 6.33. The fraction of sp³-hybridized carbons (Fsp3) is 0.400. The Labute approximate surface area is 173 Å². The Hall–Kier alpha value is -1.47. The summed E-state index contributed by atoms with van der Waals surface area (Å²) in [7, 11) is 0. The van der Waals surface area contributed by atoms with Crippen molar-refractivity contribution in [2.75, 3.05) is 18.5 Å². The van der Waals surface area contributed by atoms with Crippen LogP contribution in [0.15, 0.2) is 29.6 Å². The van der Waals surface area contributed by atoms with Gasteiger partial charge in [0.05, 0.1) is 27.4 Å². The summed E-state index contributed by atoms with van der Waals surface area (Å²) >= 11 is 9.32. The maximum Gasteiger partial charge on any atom is 0.183 e. The second kappa shape index (κ2) is 9.64. The summed E-state index contributed by atoms with van der Waals surface area (Å²) in [4.78, 5) is 10.4. The highest BCUT2D eigenvalue weighted by Crippen LogP contribution is 2.32. The molecule has 4 nitrogen and oxygen atoms in total. The van der Waals surface area contributed by atoms with E-state index in [1.165, 1.54) is 0 Å². The number of halogens is 1. The molecule has 0 aliphatic heterocycles. The monoisotopic (exact) mass is 421 g/mol. The van der Waals surface area contributed by atoms with Crippen LogP contribution in [0.1, 0.15) is 42.1 Å². The van der Waals surface area contributed by atoms with Crippen LogP contribution in [-0.4, -0.2) is 23.1 Å². The molecule has 3 aromatic rings. The highest BCUT2D eigenvalue weighted by molar-refractivity contribution is 7.16. The first-order valence-electron chi connectivity index (χ1n) is 9.07. The van der Waals surface area contributed by atoms with Crippen molar-refractivity contribution in [3.05, 3.63) is 50.9 Å². The van der Waals surface area contributed by atoms with Crippen LogP contribution in [0.3, 0.4) is 0 Å². The van der Waals surface area contributed by atoms with Crippen molar-refractivity contribution in [3.63, 3.8) is 0 Å². The molecule has 0 spiro atoms. The van der Waals surface area contributed by atoms with Gasteiger partial charge in [-0.15, -0.1) is 22.7 Å². The van der Waals surface area contributed by atoms with E-state index in [1.54, 1.807) is 22.7 Å². The molecule has 0 aliphatic carbocycles. The molecule has 27 heavy (non-hydrogen) atoms. The summed E-state index contributed by atoms with van der Waals surface area (Å²) in [5, 5.41) is 8.21. The van der Waals surface area contributed by atoms with E-state index in [9.17, 15) is 0 Å². The average Bonchev–Trinajstić information content (AvgIpc) is 3.24. The number of thiazole rings is 2. The van der Waals surface area contributed by atoms with Crippen molar-refractivity contribution in [1.82, 2.24) is 9.97 Å². The molecule has 3 rings (SSSR count). The van der Waals surface area contributed by atoms with Gasteiger partial charge in [0, 0.05) is 23.6 Å². The van der Waals surface area contributed by atoms with Crippen LogP contribution < -0.4 is 5.32 Å². The van der Waals surface area contributed by atoms with Crippen molar-refractivity contribution in [1.29, 1.82) is 0 Å². The molecular formula is C20H24ClN3OS2. The lowest BCUT2D eigenvalue weighted by Crippen LogP contribution is -2.16. The lowest BCUT2D eigenvalue weighted by atomic mass is 10.1. The summed E-state index contributed by atoms with van der Waals surface area (Å²) in [6.45, 7) is 7.63. The first kappa shape index (κ1) is 20.3. The molecule has 0 bridgehead atoms. The fourth-order valence-electron chi connectivity index (χ4n) is 2.73. The number of nitrogens with zero attached hydrogens (tertiary/aromatic N) is 2. The van der Waals surface area contributed by atoms with Gasteiger partial charge in [-0.1, -0.05) is 37.1 Å². The number of anilines is 1. The van der Waals surface area contributed by atoms with E-state index in [0.29, 0.717) is 6.54 Å². The van der Waals surface area contributed by atoms with Crippen molar-refractivity contribution in [3.8, 4) is 10.6 Å². The topological polar surface area (TPSA) is 47.0 Å². The van der Waals surface area contributed by atoms with E-state index < -0.39 is 0 Å². The Balaban J connectivity index is 1.67. The quantitative estimate of drug-likeness (QED) is 0.400. The van der Waals surface area contributed by atoms with Crippen molar-refractivity contribution in [2.45, 2.75) is 39.7 Å². The van der Waals surface area contributed by atoms with Crippen LogP contribution in [0, 0.1) is 13.8 Å². The van der Waals surface area contributed by atoms with Gasteiger partial charge in [-0.25, -0.2) is 9.97 Å². The minimum Gasteiger partial charge on any atom is -0.372 e. The number of aryl methyl sites for hydroxylation is 2. The predicted molar refractivity (Wildman–Crippen MR) is 116 cm³/mol. The second-order valence-corrected chi connectivity index (χ2v) is 8.83. The van der Waals surface area contributed by atoms with Crippen molar-refractivity contribution >= 4 is 39.4 Å². The number of unbranched alkanes of at least 4 members (excludes halogenated alkanes) is 1. The van der Waals surface area contributed by atoms with Gasteiger partial charge in [0.2, 0.25) is 0 Å². The van der Waals surface area contributed by atoms with Gasteiger partial charge in [0.25, 0.3) is 0 Å². The molecule has 2 aromatic heterocycles. The zero-order chi connectivity index (χ0) is 19.2. The van der Waals surface area contributed by atoms with Crippen LogP contribution in [-0.2, 0) is 4.74 Å². The number of nitrogens with one attached hydrogen (secondary N) is 1. The molecule has 1 atom stereocenters. The third-order valence-corrected chi connectivity index (χ3v) is 6.29. The van der Waals surface area contributed by atoms with Gasteiger partial charge in [0.1, 0.15) is 0 Å². The SMILES string of the molecule is CCCCOC(CNc1nc(-c2sc(C)nc2C)cs1)c1ccc(Cl)cc1. The molecule has 7 heteroatoms. The molecule has 0 fully saturated rings. The first-order valence-corrected chi connectivity index (χ1v) is 11.1. The van der Waals surface area contributed by atoms with E-state index in [-0.39, 0.29) is 6.10 Å². The number of rotatable bonds is 9. The minimum absolute atomic E-state index is 0.0337. The molecule has 0 saturated heterocycles. The van der Waals surface area contributed by atoms with Gasteiger partial charge < -0.3 is 10.1 Å². The molecule has 0 amide bonds. The smallest absolute Gasteiger partial charge is 0.183 e. The zero-order valence-electron chi connectivity index (χ0n) is 15.8. The molecule has 1 N–H and O–H groups in total. The van der Waals surface area contributed by atoms with Gasteiger partial charge in [-0.3, -0.25) is 0 Å². The Morgan fingerprint density at radius 1 is 1.19 bits per heavy atom. The van der Waals surface area contributed by atoms with Gasteiger partial charge >= 0.3 is 0 Å². The molecule has 0 radical (unpaired) electrons. The molecule has 1 unspecified atom stereocenters. The normalized spacial score (nSPS) is 12.3. The minimum atomic E-state index is -0.0337. The standard InChI is InChI=1S/C20H24ClN3OS2/c1-4-5-10-25-18(15-6-8-16(21)9-7-15)11-22-20-24-17(12-26-20)19-13(2)23-14(3)27-19/h6-9,12,18H,4-5,10-11H2,1-3H3,(H,22,24). The number of ether oxygens (including phenoxy) is 1. The van der Waals surface area contributed by atoms with Crippen LogP contribution in [0.4, 0.5) is 5.13 Å². The average molecular weight is 422 g/mol. The third kappa shape index (κ3) is 5.51. The van der Waals surface area contributed by atoms with E-state index in [1.807, 2.05) is 38.1 Å². The largest absolute Gasteiger partial charge is 0.372 e. The van der Waals surface area contributed by atoms with Crippen molar-refractivity contribution < 1.29 is 4.74 Å². The first-order chi connectivity index (χ1) is 13.1. The predicted octanol–water partition coefficient (Wildman–Crippen LogP) is 6.51. The molecule has 0 saturated carbocycles. The molecule has 144 valence electrons. The summed E-state index contributed by atoms with van der Waals surface area (Å²) in [6, 6.07) is 7.86. The van der Waals surface area contributed by atoms with Crippen LogP contribution in [0.2, 0.25) is 5.02 Å². The van der Waals surface area contributed by atoms with E-state index in [4.69, 9.17) is 21.3 Å². The molecular weight excluding hydrogens is 398 g/mol. The number of hydrogen-bond acceptors (Lipinski definition) is 6. The number of aromatic nitrogens is 2. The van der Waals surface area contributed by atoms with Crippen LogP contribution in [0.25, 0.3) is 10.6 Å². The number of hydrogen-bond donors (Lipinski definition) is 1. The summed E-state index contributed by atoms with van der Waals surface area (Å²) in [5.41, 5.74) is 3.14. The van der Waals surface area contributed by atoms with Crippen molar-refractivity contribution in [2.24, 2.45) is 0 Å². The Morgan fingerprint density at radius 3 is 2.63 bits per heavy atom. The fourth-order valence-corrected chi connectivity index (χ4v) is 4.52. The van der Waals surface area contributed by atoms with Gasteiger partial charge in [0.15, 0.2) is 5.13 Å². The summed E-state index contributed by atoms with van der Waals surface area (Å²) < 4.78 is 6.11. The lowest BCUT2D eigenvalue weighted by molar-refractivity contribution is 0.0595. The van der Waals surface area contributed by atoms with E-state index >= 15 is 0 Å². The molecule has 1 aromatic carbocycles. The molecule has 0 aliphatic rings. The van der Waals surface area contributed by atoms with Gasteiger partial charge in [-0.2, -0.15) is 0 Å². The summed E-state index contributed by atoms with van der Waals surface area (Å²) in [6.07, 6.45) is 2.13. The Bertz CT molecular complexity index is 860. The zero-order valence-corrected chi connectivity index (χ0v) is 18.2. The maximum atomic E-state index is 6.11. The van der Waals surface area contributed by atoms with E-state index in [0.717, 1.165) is 56.4 Å². The Morgan fingerprint density at radius 2 is 1.96 bits per heavy atom. The molecule has 2 heterocycles. The maximum absolute atomic E-state index is 6.11. The van der Waals surface area contributed by atoms with Crippen LogP contribution >= 0.6 is 34.3 Å². The lowest BCUT2D eigenvalue weighted by Gasteiger charge is -2.19. The highest BCUT2D eigenvalue weighted by atomic mass is 35.5. The third-order valence-electron chi connectivity index (χ3n) is 4.14. The summed E-state index contributed by atoms with van der Waals surface area (Å²) in [5.74, 6) is 0. The Kier molecular flexibility index (Phi) is 7.24. The number of benzene rings is 1. The van der Waals surface area contributed by atoms with E-state index in [2.05, 4.69) is 22.6 Å². The van der Waals surface area contributed by atoms with Gasteiger partial charge in [-0.05, 0) is 38.0 Å².